The van der Waals surface area contributed by atoms with Crippen LogP contribution in [0.2, 0.25) is 18.6 Å². The summed E-state index contributed by atoms with van der Waals surface area (Å²) < 4.78 is 0. The maximum atomic E-state index is 2.56. The molecule has 0 saturated heterocycles. The van der Waals surface area contributed by atoms with Crippen LogP contribution in [0, 0.1) is 0 Å². The van der Waals surface area contributed by atoms with E-state index in [-0.39, 0.29) is 0 Å². The van der Waals surface area contributed by atoms with E-state index in [1.807, 2.05) is 0 Å². The van der Waals surface area contributed by atoms with Gasteiger partial charge in [0.15, 0.2) is 0 Å². The minimum absolute atomic E-state index is 0.837. The number of hydrogen-bond donors (Lipinski definition) is 0. The average molecular weight is 230 g/mol. The van der Waals surface area contributed by atoms with Crippen LogP contribution in [-0.2, 0) is 0 Å². The van der Waals surface area contributed by atoms with Crippen LogP contribution in [0.4, 0.5) is 0 Å². The summed E-state index contributed by atoms with van der Waals surface area (Å²) >= 11 is 0. The Morgan fingerprint density at radius 2 is 1.81 bits per heavy atom. The predicted molar refractivity (Wildman–Crippen MR) is 74.9 cm³/mol. The van der Waals surface area contributed by atoms with Crippen molar-refractivity contribution in [3.05, 3.63) is 42.0 Å². The molecule has 86 valence electrons. The fourth-order valence-electron chi connectivity index (χ4n) is 2.76. The summed E-state index contributed by atoms with van der Waals surface area (Å²) in [5.41, 5.74) is 2.44. The zero-order chi connectivity index (χ0) is 11.6. The molecule has 1 heteroatoms. The smallest absolute Gasteiger partial charge is 0.0848 e. The molecule has 2 rings (SSSR count). The maximum Gasteiger partial charge on any atom is 0.0873 e. The average Bonchev–Trinajstić information content (AvgIpc) is 2.30. The summed E-state index contributed by atoms with van der Waals surface area (Å²) in [5, 5.41) is 1.60. The van der Waals surface area contributed by atoms with Crippen molar-refractivity contribution in [3.63, 3.8) is 0 Å². The maximum absolute atomic E-state index is 2.56. The molecule has 0 aliphatic heterocycles. The zero-order valence-electron chi connectivity index (χ0n) is 10.7. The Hall–Kier alpha value is -0.823. The van der Waals surface area contributed by atoms with Gasteiger partial charge in [-0.2, -0.15) is 0 Å². The van der Waals surface area contributed by atoms with E-state index >= 15 is 0 Å². The third-order valence-corrected chi connectivity index (χ3v) is 8.15. The molecule has 0 heterocycles. The van der Waals surface area contributed by atoms with Crippen LogP contribution in [0.5, 0.6) is 0 Å². The van der Waals surface area contributed by atoms with Gasteiger partial charge in [0.2, 0.25) is 0 Å². The molecule has 0 N–H and O–H groups in total. The Morgan fingerprint density at radius 1 is 1.12 bits per heavy atom. The van der Waals surface area contributed by atoms with Gasteiger partial charge < -0.3 is 0 Å². The predicted octanol–water partition coefficient (Wildman–Crippen LogP) is 4.10. The van der Waals surface area contributed by atoms with Crippen molar-refractivity contribution in [2.24, 2.45) is 0 Å². The Bertz CT molecular complexity index is 376. The molecule has 1 aromatic rings. The first-order valence-electron chi connectivity index (χ1n) is 6.33. The second-order valence-corrected chi connectivity index (χ2v) is 10.4. The van der Waals surface area contributed by atoms with Crippen LogP contribution in [0.1, 0.15) is 26.2 Å². The van der Waals surface area contributed by atoms with Crippen molar-refractivity contribution in [1.82, 2.24) is 0 Å². The van der Waals surface area contributed by atoms with Crippen LogP contribution in [0.3, 0.4) is 0 Å². The van der Waals surface area contributed by atoms with E-state index in [0.717, 1.165) is 5.54 Å². The SMILES string of the molecule is CC1=CC([Si](C)(C)c2ccccc2)CCC1. The number of benzene rings is 1. The van der Waals surface area contributed by atoms with E-state index in [4.69, 9.17) is 0 Å². The number of allylic oxidation sites excluding steroid dienone is 2. The topological polar surface area (TPSA) is 0 Å². The van der Waals surface area contributed by atoms with Gasteiger partial charge in [-0.05, 0) is 31.7 Å². The quantitative estimate of drug-likeness (QED) is 0.530. The van der Waals surface area contributed by atoms with E-state index in [1.165, 1.54) is 19.3 Å². The Kier molecular flexibility index (Phi) is 3.34. The van der Waals surface area contributed by atoms with Crippen LogP contribution < -0.4 is 5.19 Å². The summed E-state index contributed by atoms with van der Waals surface area (Å²) in [5.74, 6) is 0. The molecular weight excluding hydrogens is 208 g/mol. The normalized spacial score (nSPS) is 21.7. The monoisotopic (exact) mass is 230 g/mol. The fraction of sp³-hybridized carbons (Fsp3) is 0.467. The molecule has 1 aromatic carbocycles. The zero-order valence-corrected chi connectivity index (χ0v) is 11.7. The highest BCUT2D eigenvalue weighted by atomic mass is 28.3. The van der Waals surface area contributed by atoms with Crippen molar-refractivity contribution in [2.45, 2.75) is 44.8 Å². The molecule has 0 fully saturated rings. The first kappa shape index (κ1) is 11.7. The Morgan fingerprint density at radius 3 is 2.44 bits per heavy atom. The molecule has 1 aliphatic rings. The number of rotatable bonds is 2. The van der Waals surface area contributed by atoms with Crippen molar-refractivity contribution < 1.29 is 0 Å². The van der Waals surface area contributed by atoms with Gasteiger partial charge >= 0.3 is 0 Å². The highest BCUT2D eigenvalue weighted by Gasteiger charge is 2.32. The van der Waals surface area contributed by atoms with Crippen molar-refractivity contribution in [3.8, 4) is 0 Å². The van der Waals surface area contributed by atoms with E-state index in [1.54, 1.807) is 10.8 Å². The molecule has 1 unspecified atom stereocenters. The summed E-state index contributed by atoms with van der Waals surface area (Å²) in [6.45, 7) is 7.33. The molecule has 0 spiro atoms. The minimum Gasteiger partial charge on any atom is -0.0848 e. The molecular formula is C15H22Si. The molecule has 0 aromatic heterocycles. The standard InChI is InChI=1S/C15H22Si/c1-13-8-7-11-15(12-13)16(2,3)14-9-5-4-6-10-14/h4-6,9-10,12,15H,7-8,11H2,1-3H3. The first-order chi connectivity index (χ1) is 7.60. The minimum atomic E-state index is -1.30. The lowest BCUT2D eigenvalue weighted by molar-refractivity contribution is 0.689. The molecule has 16 heavy (non-hydrogen) atoms. The summed E-state index contributed by atoms with van der Waals surface area (Å²) in [6, 6.07) is 11.1. The molecule has 1 aliphatic carbocycles. The molecule has 0 amide bonds. The highest BCUT2D eigenvalue weighted by molar-refractivity contribution is 6.91. The Balaban J connectivity index is 2.28. The van der Waals surface area contributed by atoms with Crippen LogP contribution >= 0.6 is 0 Å². The third-order valence-electron chi connectivity index (χ3n) is 4.02. The largest absolute Gasteiger partial charge is 0.0873 e. The summed E-state index contributed by atoms with van der Waals surface area (Å²) in [4.78, 5) is 0. The third kappa shape index (κ3) is 2.30. The van der Waals surface area contributed by atoms with Crippen molar-refractivity contribution in [2.75, 3.05) is 0 Å². The van der Waals surface area contributed by atoms with E-state index in [2.05, 4.69) is 56.4 Å². The lowest BCUT2D eigenvalue weighted by Gasteiger charge is -2.34. The lowest BCUT2D eigenvalue weighted by Crippen LogP contribution is -2.45. The van der Waals surface area contributed by atoms with Gasteiger partial charge in [-0.1, -0.05) is 60.3 Å². The van der Waals surface area contributed by atoms with Crippen LogP contribution in [-0.4, -0.2) is 8.07 Å². The van der Waals surface area contributed by atoms with Gasteiger partial charge in [-0.3, -0.25) is 0 Å². The summed E-state index contributed by atoms with van der Waals surface area (Å²) in [7, 11) is -1.30. The fourth-order valence-corrected chi connectivity index (χ4v) is 5.87. The van der Waals surface area contributed by atoms with Gasteiger partial charge in [0.1, 0.15) is 0 Å². The molecule has 0 bridgehead atoms. The van der Waals surface area contributed by atoms with Crippen LogP contribution in [0.25, 0.3) is 0 Å². The lowest BCUT2D eigenvalue weighted by atomic mass is 10.0. The van der Waals surface area contributed by atoms with Gasteiger partial charge in [0.05, 0.1) is 8.07 Å². The molecule has 1 atom stereocenters. The van der Waals surface area contributed by atoms with Crippen molar-refractivity contribution in [1.29, 1.82) is 0 Å². The van der Waals surface area contributed by atoms with Gasteiger partial charge in [-0.15, -0.1) is 0 Å². The van der Waals surface area contributed by atoms with Gasteiger partial charge in [-0.25, -0.2) is 0 Å². The first-order valence-corrected chi connectivity index (χ1v) is 9.41. The molecule has 0 saturated carbocycles. The van der Waals surface area contributed by atoms with E-state index in [9.17, 15) is 0 Å². The number of hydrogen-bond acceptors (Lipinski definition) is 0. The molecule has 0 radical (unpaired) electrons. The molecule has 0 nitrogen and oxygen atoms in total. The van der Waals surface area contributed by atoms with Gasteiger partial charge in [0.25, 0.3) is 0 Å². The second-order valence-electron chi connectivity index (χ2n) is 5.60. The Labute approximate surface area is 100 Å². The van der Waals surface area contributed by atoms with E-state index in [0.29, 0.717) is 0 Å². The summed E-state index contributed by atoms with van der Waals surface area (Å²) in [6.07, 6.45) is 6.65. The van der Waals surface area contributed by atoms with E-state index < -0.39 is 8.07 Å². The second kappa shape index (κ2) is 4.58. The van der Waals surface area contributed by atoms with Crippen LogP contribution in [0.15, 0.2) is 42.0 Å². The highest BCUT2D eigenvalue weighted by Crippen LogP contribution is 2.34. The van der Waals surface area contributed by atoms with Crippen molar-refractivity contribution >= 4 is 13.3 Å². The van der Waals surface area contributed by atoms with Gasteiger partial charge in [0, 0.05) is 0 Å².